The minimum atomic E-state index is 0.811. The molecule has 1 fully saturated rings. The van der Waals surface area contributed by atoms with Crippen molar-refractivity contribution in [3.05, 3.63) is 0 Å². The maximum absolute atomic E-state index is 2.59. The molecular formula is C14H29N. The van der Waals surface area contributed by atoms with Crippen LogP contribution in [-0.4, -0.2) is 24.5 Å². The molecule has 3 unspecified atom stereocenters. The smallest absolute Gasteiger partial charge is 0.0123 e. The number of rotatable bonds is 3. The van der Waals surface area contributed by atoms with Crippen LogP contribution in [0.4, 0.5) is 0 Å². The molecule has 15 heavy (non-hydrogen) atoms. The van der Waals surface area contributed by atoms with Gasteiger partial charge >= 0.3 is 0 Å². The molecule has 0 spiro atoms. The van der Waals surface area contributed by atoms with Crippen molar-refractivity contribution in [2.24, 2.45) is 23.7 Å². The Bertz CT molecular complexity index is 184. The second-order valence-corrected chi connectivity index (χ2v) is 5.97. The highest BCUT2D eigenvalue weighted by Gasteiger charge is 2.38. The summed E-state index contributed by atoms with van der Waals surface area (Å²) >= 11 is 0. The molecule has 0 bridgehead atoms. The lowest BCUT2D eigenvalue weighted by Gasteiger charge is -2.47. The fourth-order valence-corrected chi connectivity index (χ4v) is 3.59. The summed E-state index contributed by atoms with van der Waals surface area (Å²) in [5.41, 5.74) is 0. The molecule has 0 radical (unpaired) electrons. The van der Waals surface area contributed by atoms with E-state index < -0.39 is 0 Å². The lowest BCUT2D eigenvalue weighted by molar-refractivity contribution is 0.0174. The van der Waals surface area contributed by atoms with Crippen molar-refractivity contribution in [3.63, 3.8) is 0 Å². The van der Waals surface area contributed by atoms with E-state index in [1.807, 2.05) is 0 Å². The average Bonchev–Trinajstić information content (AvgIpc) is 2.16. The van der Waals surface area contributed by atoms with Crippen LogP contribution in [0.2, 0.25) is 0 Å². The SMILES string of the molecule is CCC1C(C(C)C)C(C(C)C)CCN1C. The molecule has 3 atom stereocenters. The quantitative estimate of drug-likeness (QED) is 0.689. The predicted molar refractivity (Wildman–Crippen MR) is 68.0 cm³/mol. The molecule has 1 saturated heterocycles. The highest BCUT2D eigenvalue weighted by molar-refractivity contribution is 4.90. The van der Waals surface area contributed by atoms with Crippen LogP contribution in [0.3, 0.4) is 0 Å². The Hall–Kier alpha value is -0.0400. The molecule has 0 aliphatic carbocycles. The van der Waals surface area contributed by atoms with E-state index in [2.05, 4.69) is 46.6 Å². The third-order valence-electron chi connectivity index (χ3n) is 4.36. The van der Waals surface area contributed by atoms with Crippen LogP contribution in [0.5, 0.6) is 0 Å². The Morgan fingerprint density at radius 1 is 1.13 bits per heavy atom. The molecule has 90 valence electrons. The van der Waals surface area contributed by atoms with Gasteiger partial charge < -0.3 is 4.90 Å². The molecule has 0 aromatic heterocycles. The first-order chi connectivity index (χ1) is 6.99. The second kappa shape index (κ2) is 5.34. The molecule has 0 N–H and O–H groups in total. The van der Waals surface area contributed by atoms with E-state index in [-0.39, 0.29) is 0 Å². The molecular weight excluding hydrogens is 182 g/mol. The molecule has 0 saturated carbocycles. The van der Waals surface area contributed by atoms with Gasteiger partial charge in [-0.3, -0.25) is 0 Å². The van der Waals surface area contributed by atoms with Gasteiger partial charge in [-0.2, -0.15) is 0 Å². The fourth-order valence-electron chi connectivity index (χ4n) is 3.59. The van der Waals surface area contributed by atoms with Gasteiger partial charge in [-0.25, -0.2) is 0 Å². The van der Waals surface area contributed by atoms with E-state index in [1.165, 1.54) is 19.4 Å². The van der Waals surface area contributed by atoms with Gasteiger partial charge in [-0.15, -0.1) is 0 Å². The molecule has 1 aliphatic heterocycles. The molecule has 1 aliphatic rings. The zero-order valence-electron chi connectivity index (χ0n) is 11.5. The number of nitrogens with zero attached hydrogens (tertiary/aromatic N) is 1. The van der Waals surface area contributed by atoms with Crippen LogP contribution < -0.4 is 0 Å². The maximum Gasteiger partial charge on any atom is 0.0123 e. The van der Waals surface area contributed by atoms with Crippen LogP contribution in [0.1, 0.15) is 47.5 Å². The van der Waals surface area contributed by atoms with Gasteiger partial charge in [0.15, 0.2) is 0 Å². The van der Waals surface area contributed by atoms with Crippen molar-refractivity contribution in [2.75, 3.05) is 13.6 Å². The normalized spacial score (nSPS) is 34.0. The summed E-state index contributed by atoms with van der Waals surface area (Å²) in [7, 11) is 2.31. The minimum Gasteiger partial charge on any atom is -0.303 e. The van der Waals surface area contributed by atoms with Gasteiger partial charge in [-0.1, -0.05) is 34.6 Å². The van der Waals surface area contributed by atoms with E-state index in [0.29, 0.717) is 0 Å². The van der Waals surface area contributed by atoms with Gasteiger partial charge in [0.1, 0.15) is 0 Å². The summed E-state index contributed by atoms with van der Waals surface area (Å²) in [5, 5.41) is 0. The van der Waals surface area contributed by atoms with E-state index in [0.717, 1.165) is 29.7 Å². The van der Waals surface area contributed by atoms with Gasteiger partial charge in [0.2, 0.25) is 0 Å². The van der Waals surface area contributed by atoms with Crippen molar-refractivity contribution in [2.45, 2.75) is 53.5 Å². The third kappa shape index (κ3) is 2.75. The van der Waals surface area contributed by atoms with Gasteiger partial charge in [0.25, 0.3) is 0 Å². The average molecular weight is 211 g/mol. The minimum absolute atomic E-state index is 0.811. The highest BCUT2D eigenvalue weighted by atomic mass is 15.1. The maximum atomic E-state index is 2.59. The summed E-state index contributed by atoms with van der Waals surface area (Å²) in [6.45, 7) is 13.3. The Labute approximate surface area is 96.2 Å². The number of piperidine rings is 1. The first-order valence-electron chi connectivity index (χ1n) is 6.69. The summed E-state index contributed by atoms with van der Waals surface area (Å²) < 4.78 is 0. The molecule has 0 amide bonds. The molecule has 1 heteroatoms. The Morgan fingerprint density at radius 2 is 1.73 bits per heavy atom. The number of hydrogen-bond acceptors (Lipinski definition) is 1. The summed E-state index contributed by atoms with van der Waals surface area (Å²) in [6, 6.07) is 0.811. The van der Waals surface area contributed by atoms with Crippen molar-refractivity contribution in [3.8, 4) is 0 Å². The van der Waals surface area contributed by atoms with E-state index in [9.17, 15) is 0 Å². The van der Waals surface area contributed by atoms with E-state index in [4.69, 9.17) is 0 Å². The van der Waals surface area contributed by atoms with Crippen molar-refractivity contribution >= 4 is 0 Å². The second-order valence-electron chi connectivity index (χ2n) is 5.97. The first-order valence-corrected chi connectivity index (χ1v) is 6.69. The summed E-state index contributed by atoms with van der Waals surface area (Å²) in [4.78, 5) is 2.59. The summed E-state index contributed by atoms with van der Waals surface area (Å²) in [6.07, 6.45) is 2.70. The first kappa shape index (κ1) is 13.0. The Kier molecular flexibility index (Phi) is 4.64. The number of hydrogen-bond donors (Lipinski definition) is 0. The Balaban J connectivity index is 2.83. The number of likely N-dealkylation sites (tertiary alicyclic amines) is 1. The molecule has 0 aromatic carbocycles. The molecule has 0 aromatic rings. The molecule has 1 heterocycles. The van der Waals surface area contributed by atoms with Crippen LogP contribution in [0.25, 0.3) is 0 Å². The zero-order valence-corrected chi connectivity index (χ0v) is 11.5. The van der Waals surface area contributed by atoms with Gasteiger partial charge in [-0.05, 0) is 50.1 Å². The fraction of sp³-hybridized carbons (Fsp3) is 1.00. The zero-order chi connectivity index (χ0) is 11.6. The van der Waals surface area contributed by atoms with Crippen LogP contribution in [0.15, 0.2) is 0 Å². The van der Waals surface area contributed by atoms with Gasteiger partial charge in [0.05, 0.1) is 0 Å². The Morgan fingerprint density at radius 3 is 2.13 bits per heavy atom. The highest BCUT2D eigenvalue weighted by Crippen LogP contribution is 2.39. The van der Waals surface area contributed by atoms with E-state index >= 15 is 0 Å². The van der Waals surface area contributed by atoms with Crippen LogP contribution in [-0.2, 0) is 0 Å². The van der Waals surface area contributed by atoms with Crippen molar-refractivity contribution < 1.29 is 0 Å². The topological polar surface area (TPSA) is 3.24 Å². The monoisotopic (exact) mass is 211 g/mol. The van der Waals surface area contributed by atoms with E-state index in [1.54, 1.807) is 0 Å². The predicted octanol–water partition coefficient (Wildman–Crippen LogP) is 3.64. The summed E-state index contributed by atoms with van der Waals surface area (Å²) in [5.74, 6) is 3.50. The van der Waals surface area contributed by atoms with Crippen LogP contribution in [0, 0.1) is 23.7 Å². The van der Waals surface area contributed by atoms with Gasteiger partial charge in [0, 0.05) is 6.04 Å². The largest absolute Gasteiger partial charge is 0.303 e. The third-order valence-corrected chi connectivity index (χ3v) is 4.36. The van der Waals surface area contributed by atoms with Crippen LogP contribution >= 0.6 is 0 Å². The van der Waals surface area contributed by atoms with Crippen molar-refractivity contribution in [1.82, 2.24) is 4.90 Å². The lowest BCUT2D eigenvalue weighted by atomic mass is 9.68. The molecule has 1 rings (SSSR count). The standard InChI is InChI=1S/C14H29N/c1-7-13-14(11(4)5)12(10(2)3)8-9-15(13)6/h10-14H,7-9H2,1-6H3. The van der Waals surface area contributed by atoms with Crippen molar-refractivity contribution in [1.29, 1.82) is 0 Å². The molecule has 1 nitrogen and oxygen atoms in total. The lowest BCUT2D eigenvalue weighted by Crippen LogP contribution is -2.50.